The van der Waals surface area contributed by atoms with Crippen LogP contribution < -0.4 is 5.32 Å². The van der Waals surface area contributed by atoms with Crippen LogP contribution >= 0.6 is 11.6 Å². The number of nitrogens with zero attached hydrogens (tertiary/aromatic N) is 2. The average Bonchev–Trinajstić information content (AvgIpc) is 2.82. The number of amides is 2. The number of sulfonamides is 1. The fraction of sp³-hybridized carbons (Fsp3) is 0.440. The highest BCUT2D eigenvalue weighted by atomic mass is 35.5. The second kappa shape index (κ2) is 12.9. The van der Waals surface area contributed by atoms with Gasteiger partial charge in [-0.25, -0.2) is 12.7 Å². The third kappa shape index (κ3) is 7.82. The number of carbonyl (C=O) groups excluding carboxylic acids is 2. The molecule has 9 heteroatoms. The van der Waals surface area contributed by atoms with Crippen LogP contribution in [0.4, 0.5) is 0 Å². The lowest BCUT2D eigenvalue weighted by Gasteiger charge is -2.30. The minimum Gasteiger partial charge on any atom is -0.352 e. The Labute approximate surface area is 208 Å². The van der Waals surface area contributed by atoms with E-state index < -0.39 is 16.1 Å². The molecule has 0 fully saturated rings. The number of rotatable bonds is 12. The van der Waals surface area contributed by atoms with Crippen LogP contribution in [0.15, 0.2) is 59.5 Å². The van der Waals surface area contributed by atoms with E-state index in [1.165, 1.54) is 16.3 Å². The van der Waals surface area contributed by atoms with Gasteiger partial charge in [-0.1, -0.05) is 48.9 Å². The van der Waals surface area contributed by atoms with Gasteiger partial charge in [0.05, 0.1) is 4.90 Å². The molecule has 1 N–H and O–H groups in total. The predicted octanol–water partition coefficient (Wildman–Crippen LogP) is 4.07. The van der Waals surface area contributed by atoms with Crippen molar-refractivity contribution >= 4 is 33.4 Å². The number of hydrogen-bond acceptors (Lipinski definition) is 4. The summed E-state index contributed by atoms with van der Waals surface area (Å²) in [5.41, 5.74) is 0.813. The molecular weight excluding hydrogens is 474 g/mol. The van der Waals surface area contributed by atoms with Gasteiger partial charge in [-0.3, -0.25) is 9.59 Å². The Balaban J connectivity index is 2.09. The molecule has 0 spiro atoms. The summed E-state index contributed by atoms with van der Waals surface area (Å²) in [6.07, 6.45) is 1.21. The number of hydrogen-bond donors (Lipinski definition) is 1. The summed E-state index contributed by atoms with van der Waals surface area (Å²) in [5.74, 6) is -0.453. The Kier molecular flexibility index (Phi) is 10.5. The van der Waals surface area contributed by atoms with Crippen LogP contribution in [0, 0.1) is 0 Å². The second-order valence-electron chi connectivity index (χ2n) is 8.39. The van der Waals surface area contributed by atoms with E-state index in [-0.39, 0.29) is 42.3 Å². The summed E-state index contributed by atoms with van der Waals surface area (Å²) in [5, 5.41) is 3.48. The maximum Gasteiger partial charge on any atom is 0.242 e. The molecule has 2 aromatic carbocycles. The van der Waals surface area contributed by atoms with Crippen LogP contribution in [0.2, 0.25) is 5.02 Å². The van der Waals surface area contributed by atoms with Gasteiger partial charge in [0, 0.05) is 37.6 Å². The standard InChI is InChI=1S/C25H34ClN3O4S/c1-5-19(2)27-25(31)20(3)29(18-21-11-9-12-22(26)17-21)24(30)15-10-16-28(4)34(32,33)23-13-7-6-8-14-23/h6-9,11-14,17,19-20H,5,10,15-16,18H2,1-4H3,(H,27,31)/t19-,20+/m1/s1. The molecular formula is C25H34ClN3O4S. The minimum absolute atomic E-state index is 0.00471. The molecule has 0 saturated heterocycles. The summed E-state index contributed by atoms with van der Waals surface area (Å²) < 4.78 is 26.7. The first-order valence-electron chi connectivity index (χ1n) is 11.4. The fourth-order valence-electron chi connectivity index (χ4n) is 3.37. The molecule has 2 amide bonds. The van der Waals surface area contributed by atoms with Crippen molar-refractivity contribution in [2.24, 2.45) is 0 Å². The first-order valence-corrected chi connectivity index (χ1v) is 13.2. The summed E-state index contributed by atoms with van der Waals surface area (Å²) in [6, 6.07) is 14.7. The lowest BCUT2D eigenvalue weighted by Crippen LogP contribution is -2.49. The van der Waals surface area contributed by atoms with E-state index in [0.717, 1.165) is 12.0 Å². The average molecular weight is 508 g/mol. The Morgan fingerprint density at radius 1 is 1.06 bits per heavy atom. The van der Waals surface area contributed by atoms with Crippen molar-refractivity contribution in [3.63, 3.8) is 0 Å². The molecule has 2 aromatic rings. The van der Waals surface area contributed by atoms with Gasteiger partial charge in [0.25, 0.3) is 0 Å². The smallest absolute Gasteiger partial charge is 0.242 e. The zero-order valence-corrected chi connectivity index (χ0v) is 21.8. The zero-order chi connectivity index (χ0) is 25.3. The number of nitrogens with one attached hydrogen (secondary N) is 1. The van der Waals surface area contributed by atoms with Crippen molar-refractivity contribution in [2.45, 2.75) is 63.6 Å². The third-order valence-electron chi connectivity index (χ3n) is 5.73. The maximum atomic E-state index is 13.2. The molecule has 0 aliphatic carbocycles. The second-order valence-corrected chi connectivity index (χ2v) is 10.9. The van der Waals surface area contributed by atoms with Crippen molar-refractivity contribution in [1.82, 2.24) is 14.5 Å². The van der Waals surface area contributed by atoms with Gasteiger partial charge >= 0.3 is 0 Å². The Morgan fingerprint density at radius 2 is 1.74 bits per heavy atom. The third-order valence-corrected chi connectivity index (χ3v) is 7.83. The number of benzene rings is 2. The van der Waals surface area contributed by atoms with Gasteiger partial charge in [0.1, 0.15) is 6.04 Å². The van der Waals surface area contributed by atoms with Crippen molar-refractivity contribution in [2.75, 3.05) is 13.6 Å². The molecule has 7 nitrogen and oxygen atoms in total. The summed E-state index contributed by atoms with van der Waals surface area (Å²) in [7, 11) is -2.13. The van der Waals surface area contributed by atoms with E-state index in [2.05, 4.69) is 5.32 Å². The molecule has 2 atom stereocenters. The molecule has 0 bridgehead atoms. The van der Waals surface area contributed by atoms with Crippen LogP contribution in [-0.2, 0) is 26.2 Å². The van der Waals surface area contributed by atoms with Crippen molar-refractivity contribution in [3.8, 4) is 0 Å². The maximum absolute atomic E-state index is 13.2. The zero-order valence-electron chi connectivity index (χ0n) is 20.2. The Bertz CT molecular complexity index is 1060. The SMILES string of the molecule is CC[C@@H](C)NC(=O)[C@H](C)N(Cc1cccc(Cl)c1)C(=O)CCCN(C)S(=O)(=O)c1ccccc1. The highest BCUT2D eigenvalue weighted by Gasteiger charge is 2.27. The lowest BCUT2D eigenvalue weighted by molar-refractivity contribution is -0.141. The first kappa shape index (κ1) is 27.8. The van der Waals surface area contributed by atoms with E-state index >= 15 is 0 Å². The summed E-state index contributed by atoms with van der Waals surface area (Å²) in [6.45, 7) is 6.00. The highest BCUT2D eigenvalue weighted by Crippen LogP contribution is 2.17. The Morgan fingerprint density at radius 3 is 2.35 bits per heavy atom. The molecule has 0 heterocycles. The largest absolute Gasteiger partial charge is 0.352 e. The molecule has 0 saturated carbocycles. The van der Waals surface area contributed by atoms with Crippen molar-refractivity contribution in [3.05, 3.63) is 65.2 Å². The molecule has 2 rings (SSSR count). The molecule has 0 aliphatic heterocycles. The van der Waals surface area contributed by atoms with Gasteiger partial charge in [-0.2, -0.15) is 0 Å². The predicted molar refractivity (Wildman–Crippen MR) is 135 cm³/mol. The van der Waals surface area contributed by atoms with Crippen molar-refractivity contribution in [1.29, 1.82) is 0 Å². The van der Waals surface area contributed by atoms with Crippen molar-refractivity contribution < 1.29 is 18.0 Å². The molecule has 186 valence electrons. The fourth-order valence-corrected chi connectivity index (χ4v) is 4.81. The minimum atomic E-state index is -3.63. The van der Waals surface area contributed by atoms with E-state index in [9.17, 15) is 18.0 Å². The summed E-state index contributed by atoms with van der Waals surface area (Å²) >= 11 is 6.10. The van der Waals surface area contributed by atoms with Crippen LogP contribution in [0.25, 0.3) is 0 Å². The number of halogens is 1. The molecule has 0 unspecified atom stereocenters. The van der Waals surface area contributed by atoms with E-state index in [4.69, 9.17) is 11.6 Å². The molecule has 0 radical (unpaired) electrons. The van der Waals surface area contributed by atoms with Gasteiger partial charge in [-0.15, -0.1) is 0 Å². The van der Waals surface area contributed by atoms with Crippen LogP contribution in [0.5, 0.6) is 0 Å². The van der Waals surface area contributed by atoms with Crippen LogP contribution in [0.3, 0.4) is 0 Å². The normalized spacial score (nSPS) is 13.4. The van der Waals surface area contributed by atoms with Crippen LogP contribution in [0.1, 0.15) is 45.6 Å². The van der Waals surface area contributed by atoms with Gasteiger partial charge in [0.15, 0.2) is 0 Å². The van der Waals surface area contributed by atoms with Gasteiger partial charge < -0.3 is 10.2 Å². The lowest BCUT2D eigenvalue weighted by atomic mass is 10.1. The van der Waals surface area contributed by atoms with E-state index in [1.807, 2.05) is 19.9 Å². The Hall–Kier alpha value is -2.42. The highest BCUT2D eigenvalue weighted by molar-refractivity contribution is 7.89. The molecule has 34 heavy (non-hydrogen) atoms. The van der Waals surface area contributed by atoms with Gasteiger partial charge in [-0.05, 0) is 56.5 Å². The first-order chi connectivity index (χ1) is 16.1. The monoisotopic (exact) mass is 507 g/mol. The van der Waals surface area contributed by atoms with Gasteiger partial charge in [0.2, 0.25) is 21.8 Å². The van der Waals surface area contributed by atoms with Crippen LogP contribution in [-0.4, -0.2) is 55.1 Å². The van der Waals surface area contributed by atoms with E-state index in [1.54, 1.807) is 55.5 Å². The molecule has 0 aromatic heterocycles. The molecule has 0 aliphatic rings. The summed E-state index contributed by atoms with van der Waals surface area (Å²) in [4.78, 5) is 27.7. The number of carbonyl (C=O) groups is 2. The quantitative estimate of drug-likeness (QED) is 0.469. The van der Waals surface area contributed by atoms with E-state index in [0.29, 0.717) is 11.4 Å². The topological polar surface area (TPSA) is 86.8 Å².